The Bertz CT molecular complexity index is 851. The highest BCUT2D eigenvalue weighted by Crippen LogP contribution is 2.40. The van der Waals surface area contributed by atoms with Gasteiger partial charge in [-0.3, -0.25) is 0 Å². The molecule has 0 unspecified atom stereocenters. The van der Waals surface area contributed by atoms with Crippen LogP contribution >= 0.6 is 0 Å². The maximum atomic E-state index is 13.3. The fourth-order valence-corrected chi connectivity index (χ4v) is 2.51. The summed E-state index contributed by atoms with van der Waals surface area (Å²) in [4.78, 5) is 13.9. The predicted octanol–water partition coefficient (Wildman–Crippen LogP) is 4.55. The van der Waals surface area contributed by atoms with Crippen molar-refractivity contribution in [1.82, 2.24) is 4.98 Å². The normalized spacial score (nSPS) is 11.8. The fraction of sp³-hybridized carbons (Fsp3) is 0.0625. The fourth-order valence-electron chi connectivity index (χ4n) is 2.51. The van der Waals surface area contributed by atoms with E-state index in [2.05, 4.69) is 4.98 Å². The van der Waals surface area contributed by atoms with Gasteiger partial charge in [0.1, 0.15) is 5.69 Å². The van der Waals surface area contributed by atoms with Crippen LogP contribution in [0.15, 0.2) is 48.5 Å². The summed E-state index contributed by atoms with van der Waals surface area (Å²) in [6.07, 6.45) is -4.57. The molecule has 0 amide bonds. The van der Waals surface area contributed by atoms with Gasteiger partial charge in [-0.1, -0.05) is 42.5 Å². The zero-order chi connectivity index (χ0) is 15.9. The van der Waals surface area contributed by atoms with Crippen LogP contribution in [-0.2, 0) is 6.18 Å². The van der Waals surface area contributed by atoms with E-state index in [0.717, 1.165) is 6.07 Å². The van der Waals surface area contributed by atoms with Gasteiger partial charge in [-0.05, 0) is 11.6 Å². The topological polar surface area (TPSA) is 53.1 Å². The van der Waals surface area contributed by atoms with Gasteiger partial charge in [0.05, 0.1) is 11.3 Å². The minimum absolute atomic E-state index is 0.0428. The summed E-state index contributed by atoms with van der Waals surface area (Å²) < 4.78 is 39.8. The van der Waals surface area contributed by atoms with Crippen molar-refractivity contribution in [3.63, 3.8) is 0 Å². The predicted molar refractivity (Wildman–Crippen MR) is 75.7 cm³/mol. The Labute approximate surface area is 123 Å². The summed E-state index contributed by atoms with van der Waals surface area (Å²) in [5.41, 5.74) is -0.454. The number of rotatable bonds is 2. The molecule has 22 heavy (non-hydrogen) atoms. The second-order valence-corrected chi connectivity index (χ2v) is 4.77. The highest BCUT2D eigenvalue weighted by Gasteiger charge is 2.35. The minimum Gasteiger partial charge on any atom is -0.477 e. The van der Waals surface area contributed by atoms with Gasteiger partial charge in [-0.2, -0.15) is 13.2 Å². The highest BCUT2D eigenvalue weighted by atomic mass is 19.4. The number of halogens is 3. The molecule has 0 aliphatic rings. The first-order valence-corrected chi connectivity index (χ1v) is 6.40. The van der Waals surface area contributed by atoms with Crippen molar-refractivity contribution >= 4 is 16.7 Å². The van der Waals surface area contributed by atoms with Crippen LogP contribution in [0.2, 0.25) is 0 Å². The third kappa shape index (κ3) is 2.22. The van der Waals surface area contributed by atoms with Crippen molar-refractivity contribution in [2.75, 3.05) is 0 Å². The Morgan fingerprint density at radius 3 is 2.27 bits per heavy atom. The number of aromatic carboxylic acids is 1. The van der Waals surface area contributed by atoms with Gasteiger partial charge in [0.25, 0.3) is 0 Å². The Balaban J connectivity index is 2.44. The molecule has 0 spiro atoms. The molecular formula is C16H10F3NO2. The molecule has 1 aromatic heterocycles. The molecule has 2 N–H and O–H groups in total. The standard InChI is InChI=1S/C16H10F3NO2/c17-16(18,19)11-8-4-7-10-12(11)13(20-14(10)15(21)22)9-5-2-1-3-6-9/h1-8,20H,(H,21,22). The average Bonchev–Trinajstić information content (AvgIpc) is 2.86. The van der Waals surface area contributed by atoms with Crippen molar-refractivity contribution in [1.29, 1.82) is 0 Å². The average molecular weight is 305 g/mol. The van der Waals surface area contributed by atoms with Gasteiger partial charge in [-0.15, -0.1) is 0 Å². The van der Waals surface area contributed by atoms with E-state index in [4.69, 9.17) is 0 Å². The van der Waals surface area contributed by atoms with Crippen LogP contribution < -0.4 is 0 Å². The SMILES string of the molecule is O=C(O)c1[nH]c(-c2ccccc2)c2c(C(F)(F)F)cccc12. The lowest BCUT2D eigenvalue weighted by atomic mass is 10.0. The maximum Gasteiger partial charge on any atom is 0.417 e. The number of hydrogen-bond acceptors (Lipinski definition) is 1. The van der Waals surface area contributed by atoms with Crippen LogP contribution in [-0.4, -0.2) is 16.1 Å². The molecule has 3 aromatic rings. The molecule has 0 saturated carbocycles. The van der Waals surface area contributed by atoms with Crippen molar-refractivity contribution in [2.45, 2.75) is 6.18 Å². The molecule has 0 fully saturated rings. The number of alkyl halides is 3. The molecular weight excluding hydrogens is 295 g/mol. The molecule has 3 rings (SSSR count). The Morgan fingerprint density at radius 2 is 1.68 bits per heavy atom. The van der Waals surface area contributed by atoms with E-state index in [1.807, 2.05) is 0 Å². The van der Waals surface area contributed by atoms with Gasteiger partial charge in [-0.25, -0.2) is 4.79 Å². The molecule has 6 heteroatoms. The van der Waals surface area contributed by atoms with Crippen molar-refractivity contribution in [2.24, 2.45) is 0 Å². The first kappa shape index (κ1) is 14.2. The molecule has 0 radical (unpaired) electrons. The second kappa shape index (κ2) is 4.91. The number of nitrogens with one attached hydrogen (secondary N) is 1. The molecule has 0 aliphatic heterocycles. The number of carboxylic acid groups (broad SMARTS) is 1. The highest BCUT2D eigenvalue weighted by molar-refractivity contribution is 6.09. The smallest absolute Gasteiger partial charge is 0.417 e. The number of H-pyrrole nitrogens is 1. The summed E-state index contributed by atoms with van der Waals surface area (Å²) >= 11 is 0. The lowest BCUT2D eigenvalue weighted by Crippen LogP contribution is -2.05. The van der Waals surface area contributed by atoms with Gasteiger partial charge in [0.15, 0.2) is 0 Å². The molecule has 1 heterocycles. The van der Waals surface area contributed by atoms with Crippen LogP contribution in [0.3, 0.4) is 0 Å². The van der Waals surface area contributed by atoms with Crippen LogP contribution in [0.25, 0.3) is 22.0 Å². The van der Waals surface area contributed by atoms with Crippen LogP contribution in [0.1, 0.15) is 16.1 Å². The molecule has 3 nitrogen and oxygen atoms in total. The minimum atomic E-state index is -4.57. The third-order valence-electron chi connectivity index (χ3n) is 3.42. The van der Waals surface area contributed by atoms with Crippen molar-refractivity contribution in [3.8, 4) is 11.3 Å². The molecule has 0 saturated heterocycles. The third-order valence-corrected chi connectivity index (χ3v) is 3.42. The van der Waals surface area contributed by atoms with E-state index >= 15 is 0 Å². The number of aromatic nitrogens is 1. The van der Waals surface area contributed by atoms with E-state index in [0.29, 0.717) is 5.56 Å². The molecule has 0 bridgehead atoms. The number of aromatic amines is 1. The van der Waals surface area contributed by atoms with Crippen LogP contribution in [0.5, 0.6) is 0 Å². The number of carbonyl (C=O) groups is 1. The summed E-state index contributed by atoms with van der Waals surface area (Å²) in [5, 5.41) is 9.14. The summed E-state index contributed by atoms with van der Waals surface area (Å²) in [6, 6.07) is 11.9. The van der Waals surface area contributed by atoms with Gasteiger partial charge < -0.3 is 10.1 Å². The Hall–Kier alpha value is -2.76. The molecule has 0 aliphatic carbocycles. The summed E-state index contributed by atoms with van der Waals surface area (Å²) in [6.45, 7) is 0. The number of carboxylic acids is 1. The number of benzene rings is 2. The monoisotopic (exact) mass is 305 g/mol. The molecule has 2 aromatic carbocycles. The van der Waals surface area contributed by atoms with Crippen LogP contribution in [0, 0.1) is 0 Å². The number of fused-ring (bicyclic) bond motifs is 1. The van der Waals surface area contributed by atoms with Gasteiger partial charge in [0.2, 0.25) is 0 Å². The quantitative estimate of drug-likeness (QED) is 0.729. The maximum absolute atomic E-state index is 13.3. The largest absolute Gasteiger partial charge is 0.477 e. The van der Waals surface area contributed by atoms with E-state index in [-0.39, 0.29) is 22.2 Å². The zero-order valence-electron chi connectivity index (χ0n) is 11.1. The first-order chi connectivity index (χ1) is 10.4. The lowest BCUT2D eigenvalue weighted by molar-refractivity contribution is -0.136. The van der Waals surface area contributed by atoms with Gasteiger partial charge >= 0.3 is 12.1 Å². The lowest BCUT2D eigenvalue weighted by Gasteiger charge is -2.10. The molecule has 112 valence electrons. The Morgan fingerprint density at radius 1 is 1.00 bits per heavy atom. The Kier molecular flexibility index (Phi) is 3.16. The molecule has 0 atom stereocenters. The van der Waals surface area contributed by atoms with E-state index in [1.54, 1.807) is 30.3 Å². The van der Waals surface area contributed by atoms with Gasteiger partial charge in [0, 0.05) is 10.8 Å². The van der Waals surface area contributed by atoms with E-state index < -0.39 is 17.7 Å². The summed E-state index contributed by atoms with van der Waals surface area (Å²) in [7, 11) is 0. The summed E-state index contributed by atoms with van der Waals surface area (Å²) in [5.74, 6) is -1.30. The first-order valence-electron chi connectivity index (χ1n) is 6.40. The van der Waals surface area contributed by atoms with E-state index in [1.165, 1.54) is 12.1 Å². The van der Waals surface area contributed by atoms with E-state index in [9.17, 15) is 23.1 Å². The number of hydrogen-bond donors (Lipinski definition) is 2. The van der Waals surface area contributed by atoms with Crippen molar-refractivity contribution < 1.29 is 23.1 Å². The van der Waals surface area contributed by atoms with Crippen molar-refractivity contribution in [3.05, 3.63) is 59.8 Å². The zero-order valence-corrected chi connectivity index (χ0v) is 11.1. The second-order valence-electron chi connectivity index (χ2n) is 4.77. The van der Waals surface area contributed by atoms with Crippen LogP contribution in [0.4, 0.5) is 13.2 Å².